The lowest BCUT2D eigenvalue weighted by atomic mass is 10.2. The second kappa shape index (κ2) is 3.59. The first-order chi connectivity index (χ1) is 8.16. The van der Waals surface area contributed by atoms with Crippen LogP contribution in [0.4, 0.5) is 5.82 Å². The average molecular weight is 292 g/mol. The molecule has 5 nitrogen and oxygen atoms in total. The number of hydrogen-bond donors (Lipinski definition) is 1. The van der Waals surface area contributed by atoms with Gasteiger partial charge < -0.3 is 5.73 Å². The topological polar surface area (TPSA) is 61.1 Å². The van der Waals surface area contributed by atoms with Crippen LogP contribution in [0.5, 0.6) is 0 Å². The van der Waals surface area contributed by atoms with Gasteiger partial charge in [0.15, 0.2) is 5.65 Å². The predicted molar refractivity (Wildman–Crippen MR) is 69.5 cm³/mol. The molecule has 3 heterocycles. The lowest BCUT2D eigenvalue weighted by Crippen LogP contribution is -1.93. The summed E-state index contributed by atoms with van der Waals surface area (Å²) in [7, 11) is 1.87. The van der Waals surface area contributed by atoms with E-state index in [4.69, 9.17) is 5.73 Å². The quantitative estimate of drug-likeness (QED) is 0.747. The first kappa shape index (κ1) is 10.3. The van der Waals surface area contributed by atoms with Gasteiger partial charge in [0.25, 0.3) is 0 Å². The second-order valence-electron chi connectivity index (χ2n) is 3.80. The van der Waals surface area contributed by atoms with Crippen molar-refractivity contribution in [1.82, 2.24) is 19.2 Å². The zero-order valence-corrected chi connectivity index (χ0v) is 10.7. The van der Waals surface area contributed by atoms with E-state index in [0.717, 1.165) is 21.4 Å². The molecule has 0 aromatic carbocycles. The van der Waals surface area contributed by atoms with Crippen molar-refractivity contribution < 1.29 is 0 Å². The van der Waals surface area contributed by atoms with Crippen LogP contribution in [0.2, 0.25) is 0 Å². The summed E-state index contributed by atoms with van der Waals surface area (Å²) in [4.78, 5) is 4.53. The smallest absolute Gasteiger partial charge is 0.153 e. The van der Waals surface area contributed by atoms with E-state index in [0.29, 0.717) is 5.82 Å². The van der Waals surface area contributed by atoms with E-state index >= 15 is 0 Å². The molecule has 0 aliphatic carbocycles. The van der Waals surface area contributed by atoms with Crippen molar-refractivity contribution in [3.05, 3.63) is 35.2 Å². The second-order valence-corrected chi connectivity index (χ2v) is 4.65. The number of hydrogen-bond acceptors (Lipinski definition) is 3. The van der Waals surface area contributed by atoms with E-state index in [2.05, 4.69) is 26.0 Å². The lowest BCUT2D eigenvalue weighted by Gasteiger charge is -1.96. The monoisotopic (exact) mass is 291 g/mol. The maximum absolute atomic E-state index is 6.09. The van der Waals surface area contributed by atoms with Crippen LogP contribution in [-0.2, 0) is 7.05 Å². The third kappa shape index (κ3) is 1.52. The Hall–Kier alpha value is -1.82. The Morgan fingerprint density at radius 3 is 2.88 bits per heavy atom. The zero-order valence-electron chi connectivity index (χ0n) is 9.13. The first-order valence-corrected chi connectivity index (χ1v) is 5.87. The number of fused-ring (bicyclic) bond motifs is 1. The highest BCUT2D eigenvalue weighted by Gasteiger charge is 2.13. The molecule has 0 aliphatic rings. The van der Waals surface area contributed by atoms with Crippen molar-refractivity contribution in [1.29, 1.82) is 0 Å². The van der Waals surface area contributed by atoms with E-state index < -0.39 is 0 Å². The molecule has 3 aromatic heterocycles. The molecular formula is C11H10BrN5. The summed E-state index contributed by atoms with van der Waals surface area (Å²) in [5.41, 5.74) is 8.57. The number of anilines is 1. The largest absolute Gasteiger partial charge is 0.383 e. The fraction of sp³-hybridized carbons (Fsp3) is 0.0909. The highest BCUT2D eigenvalue weighted by Crippen LogP contribution is 2.28. The third-order valence-corrected chi connectivity index (χ3v) is 3.24. The number of aryl methyl sites for hydroxylation is 1. The van der Waals surface area contributed by atoms with Gasteiger partial charge in [0.05, 0.1) is 10.7 Å². The van der Waals surface area contributed by atoms with Gasteiger partial charge in [-0.25, -0.2) is 4.98 Å². The van der Waals surface area contributed by atoms with Crippen molar-refractivity contribution in [3.8, 4) is 11.3 Å². The van der Waals surface area contributed by atoms with Crippen molar-refractivity contribution in [2.75, 3.05) is 5.73 Å². The molecule has 3 rings (SSSR count). The first-order valence-electron chi connectivity index (χ1n) is 5.08. The normalized spacial score (nSPS) is 11.2. The summed E-state index contributed by atoms with van der Waals surface area (Å²) in [6, 6.07) is 3.86. The van der Waals surface area contributed by atoms with Gasteiger partial charge in [-0.15, -0.1) is 0 Å². The maximum Gasteiger partial charge on any atom is 0.153 e. The SMILES string of the molecule is Cn1cc(-c2nc3c(Br)cccn3c2N)cn1. The minimum absolute atomic E-state index is 0.620. The van der Waals surface area contributed by atoms with Crippen LogP contribution >= 0.6 is 15.9 Å². The average Bonchev–Trinajstić information content (AvgIpc) is 2.85. The Kier molecular flexibility index (Phi) is 2.19. The van der Waals surface area contributed by atoms with Gasteiger partial charge in [-0.1, -0.05) is 0 Å². The van der Waals surface area contributed by atoms with Crippen LogP contribution in [0.1, 0.15) is 0 Å². The third-order valence-electron chi connectivity index (χ3n) is 2.62. The molecule has 0 saturated heterocycles. The van der Waals surface area contributed by atoms with E-state index in [1.807, 2.05) is 36.0 Å². The molecule has 2 N–H and O–H groups in total. The maximum atomic E-state index is 6.09. The van der Waals surface area contributed by atoms with Gasteiger partial charge in [-0.2, -0.15) is 5.10 Å². The summed E-state index contributed by atoms with van der Waals surface area (Å²) in [6.07, 6.45) is 5.54. The van der Waals surface area contributed by atoms with Crippen molar-refractivity contribution in [3.63, 3.8) is 0 Å². The van der Waals surface area contributed by atoms with Crippen LogP contribution in [-0.4, -0.2) is 19.2 Å². The highest BCUT2D eigenvalue weighted by atomic mass is 79.9. The summed E-state index contributed by atoms with van der Waals surface area (Å²) in [5.74, 6) is 0.620. The molecule has 0 atom stereocenters. The molecule has 0 unspecified atom stereocenters. The van der Waals surface area contributed by atoms with Gasteiger partial charge in [-0.3, -0.25) is 9.08 Å². The van der Waals surface area contributed by atoms with Crippen LogP contribution in [0.3, 0.4) is 0 Å². The van der Waals surface area contributed by atoms with Gasteiger partial charge in [0.1, 0.15) is 11.5 Å². The molecule has 0 spiro atoms. The van der Waals surface area contributed by atoms with Crippen LogP contribution in [0.15, 0.2) is 35.2 Å². The van der Waals surface area contributed by atoms with E-state index in [1.54, 1.807) is 10.9 Å². The molecular weight excluding hydrogens is 282 g/mol. The number of nitrogen functional groups attached to an aromatic ring is 1. The Labute approximate surface area is 106 Å². The number of aromatic nitrogens is 4. The molecule has 6 heteroatoms. The predicted octanol–water partition coefficient (Wildman–Crippen LogP) is 2.08. The minimum Gasteiger partial charge on any atom is -0.383 e. The molecule has 0 fully saturated rings. The van der Waals surface area contributed by atoms with Gasteiger partial charge >= 0.3 is 0 Å². The molecule has 3 aromatic rings. The summed E-state index contributed by atoms with van der Waals surface area (Å²) >= 11 is 3.46. The number of imidazole rings is 1. The lowest BCUT2D eigenvalue weighted by molar-refractivity contribution is 0.768. The fourth-order valence-corrected chi connectivity index (χ4v) is 2.24. The summed E-state index contributed by atoms with van der Waals surface area (Å²) in [6.45, 7) is 0. The number of nitrogens with two attached hydrogens (primary N) is 1. The van der Waals surface area contributed by atoms with E-state index in [-0.39, 0.29) is 0 Å². The minimum atomic E-state index is 0.620. The van der Waals surface area contributed by atoms with Gasteiger partial charge in [0, 0.05) is 25.0 Å². The van der Waals surface area contributed by atoms with Crippen LogP contribution < -0.4 is 5.73 Å². The standard InChI is InChI=1S/C11H10BrN5/c1-16-6-7(5-14-16)9-10(13)17-4-2-3-8(12)11(17)15-9/h2-6H,13H2,1H3. The van der Waals surface area contributed by atoms with E-state index in [9.17, 15) is 0 Å². The molecule has 0 saturated carbocycles. The highest BCUT2D eigenvalue weighted by molar-refractivity contribution is 9.10. The molecule has 17 heavy (non-hydrogen) atoms. The fourth-order valence-electron chi connectivity index (χ4n) is 1.81. The summed E-state index contributed by atoms with van der Waals surface area (Å²) in [5, 5.41) is 4.13. The Bertz CT molecular complexity index is 697. The Morgan fingerprint density at radius 1 is 1.41 bits per heavy atom. The molecule has 0 amide bonds. The van der Waals surface area contributed by atoms with Crippen molar-refractivity contribution in [2.24, 2.45) is 7.05 Å². The van der Waals surface area contributed by atoms with Crippen LogP contribution in [0.25, 0.3) is 16.9 Å². The van der Waals surface area contributed by atoms with E-state index in [1.165, 1.54) is 0 Å². The van der Waals surface area contributed by atoms with Gasteiger partial charge in [-0.05, 0) is 28.1 Å². The Balaban J connectivity index is 2.31. The number of pyridine rings is 1. The van der Waals surface area contributed by atoms with Crippen molar-refractivity contribution >= 4 is 27.4 Å². The summed E-state index contributed by atoms with van der Waals surface area (Å²) < 4.78 is 4.50. The molecule has 0 radical (unpaired) electrons. The zero-order chi connectivity index (χ0) is 12.0. The molecule has 86 valence electrons. The number of halogens is 1. The molecule has 0 aliphatic heterocycles. The van der Waals surface area contributed by atoms with Crippen LogP contribution in [0, 0.1) is 0 Å². The Morgan fingerprint density at radius 2 is 2.24 bits per heavy atom. The number of nitrogens with zero attached hydrogens (tertiary/aromatic N) is 4. The van der Waals surface area contributed by atoms with Gasteiger partial charge in [0.2, 0.25) is 0 Å². The molecule has 0 bridgehead atoms. The van der Waals surface area contributed by atoms with Crippen molar-refractivity contribution in [2.45, 2.75) is 0 Å². The number of rotatable bonds is 1.